The van der Waals surface area contributed by atoms with Crippen LogP contribution in [0.3, 0.4) is 0 Å². The molecule has 1 unspecified atom stereocenters. The van der Waals surface area contributed by atoms with Gasteiger partial charge in [0.15, 0.2) is 0 Å². The summed E-state index contributed by atoms with van der Waals surface area (Å²) in [5, 5.41) is 0. The number of rotatable bonds is 4. The molecular weight excluding hydrogens is 214 g/mol. The van der Waals surface area contributed by atoms with Crippen molar-refractivity contribution in [2.75, 3.05) is 39.8 Å². The van der Waals surface area contributed by atoms with Crippen LogP contribution in [0.1, 0.15) is 25.7 Å². The highest BCUT2D eigenvalue weighted by Crippen LogP contribution is 2.22. The third kappa shape index (κ3) is 3.42. The Morgan fingerprint density at radius 3 is 2.59 bits per heavy atom. The van der Waals surface area contributed by atoms with E-state index in [2.05, 4.69) is 11.9 Å². The quantitative estimate of drug-likeness (QED) is 0.778. The molecule has 4 heteroatoms. The number of carbonyl (C=O) groups excluding carboxylic acids is 1. The van der Waals surface area contributed by atoms with Crippen LogP contribution in [0.25, 0.3) is 0 Å². The van der Waals surface area contributed by atoms with E-state index in [-0.39, 0.29) is 0 Å². The lowest BCUT2D eigenvalue weighted by molar-refractivity contribution is -0.127. The Labute approximate surface area is 104 Å². The molecule has 2 aliphatic heterocycles. The maximum absolute atomic E-state index is 11.7. The lowest BCUT2D eigenvalue weighted by atomic mass is 9.94. The van der Waals surface area contributed by atoms with Crippen molar-refractivity contribution in [2.24, 2.45) is 17.6 Å². The first-order chi connectivity index (χ1) is 8.19. The van der Waals surface area contributed by atoms with Crippen LogP contribution in [-0.2, 0) is 4.79 Å². The molecule has 2 N–H and O–H groups in total. The molecule has 0 aromatic rings. The van der Waals surface area contributed by atoms with Gasteiger partial charge in [-0.2, -0.15) is 0 Å². The second-order valence-electron chi connectivity index (χ2n) is 5.68. The molecule has 2 saturated heterocycles. The molecule has 1 amide bonds. The summed E-state index contributed by atoms with van der Waals surface area (Å²) in [7, 11) is 2.19. The number of amides is 1. The van der Waals surface area contributed by atoms with Gasteiger partial charge in [-0.25, -0.2) is 0 Å². The Morgan fingerprint density at radius 2 is 2.00 bits per heavy atom. The van der Waals surface area contributed by atoms with Gasteiger partial charge >= 0.3 is 0 Å². The second kappa shape index (κ2) is 5.83. The molecule has 4 nitrogen and oxygen atoms in total. The van der Waals surface area contributed by atoms with Gasteiger partial charge in [-0.15, -0.1) is 0 Å². The fourth-order valence-corrected chi connectivity index (χ4v) is 2.92. The predicted octanol–water partition coefficient (Wildman–Crippen LogP) is 0.526. The van der Waals surface area contributed by atoms with E-state index in [1.54, 1.807) is 0 Å². The third-order valence-electron chi connectivity index (χ3n) is 4.27. The number of likely N-dealkylation sites (tertiary alicyclic amines) is 2. The van der Waals surface area contributed by atoms with E-state index < -0.39 is 0 Å². The summed E-state index contributed by atoms with van der Waals surface area (Å²) in [6, 6.07) is 0. The van der Waals surface area contributed by atoms with Gasteiger partial charge in [0.25, 0.3) is 0 Å². The van der Waals surface area contributed by atoms with Gasteiger partial charge in [-0.05, 0) is 57.8 Å². The van der Waals surface area contributed by atoms with E-state index in [9.17, 15) is 4.79 Å². The second-order valence-corrected chi connectivity index (χ2v) is 5.68. The van der Waals surface area contributed by atoms with Gasteiger partial charge in [0.1, 0.15) is 0 Å². The van der Waals surface area contributed by atoms with Gasteiger partial charge in [-0.1, -0.05) is 0 Å². The molecule has 0 aromatic heterocycles. The maximum Gasteiger partial charge on any atom is 0.222 e. The summed E-state index contributed by atoms with van der Waals surface area (Å²) in [5.41, 5.74) is 5.63. The van der Waals surface area contributed by atoms with Crippen LogP contribution < -0.4 is 5.73 Å². The van der Waals surface area contributed by atoms with Crippen molar-refractivity contribution in [1.29, 1.82) is 0 Å². The molecule has 2 heterocycles. The highest BCUT2D eigenvalue weighted by molar-refractivity contribution is 5.78. The van der Waals surface area contributed by atoms with Gasteiger partial charge in [0.2, 0.25) is 5.91 Å². The van der Waals surface area contributed by atoms with Crippen molar-refractivity contribution < 1.29 is 4.79 Å². The minimum absolute atomic E-state index is 0.313. The molecule has 0 saturated carbocycles. The van der Waals surface area contributed by atoms with Gasteiger partial charge < -0.3 is 15.5 Å². The Kier molecular flexibility index (Phi) is 4.40. The topological polar surface area (TPSA) is 49.6 Å². The monoisotopic (exact) mass is 239 g/mol. The van der Waals surface area contributed by atoms with E-state index in [0.717, 1.165) is 19.0 Å². The van der Waals surface area contributed by atoms with Gasteiger partial charge in [0, 0.05) is 19.5 Å². The summed E-state index contributed by atoms with van der Waals surface area (Å²) in [5.74, 6) is 1.53. The molecule has 2 rings (SSSR count). The molecule has 17 heavy (non-hydrogen) atoms. The van der Waals surface area contributed by atoms with Crippen molar-refractivity contribution in [3.05, 3.63) is 0 Å². The van der Waals surface area contributed by atoms with Crippen LogP contribution in [0, 0.1) is 11.8 Å². The highest BCUT2D eigenvalue weighted by atomic mass is 16.2. The van der Waals surface area contributed by atoms with Crippen molar-refractivity contribution in [2.45, 2.75) is 25.7 Å². The molecule has 0 spiro atoms. The van der Waals surface area contributed by atoms with Crippen molar-refractivity contribution in [1.82, 2.24) is 9.80 Å². The van der Waals surface area contributed by atoms with Crippen LogP contribution in [0.2, 0.25) is 0 Å². The molecule has 0 bridgehead atoms. The third-order valence-corrected chi connectivity index (χ3v) is 4.27. The van der Waals surface area contributed by atoms with E-state index in [1.165, 1.54) is 32.4 Å². The molecule has 2 fully saturated rings. The minimum atomic E-state index is 0.313. The normalized spacial score (nSPS) is 28.0. The molecule has 0 aliphatic carbocycles. The van der Waals surface area contributed by atoms with Crippen LogP contribution in [0.5, 0.6) is 0 Å². The van der Waals surface area contributed by atoms with Crippen molar-refractivity contribution in [3.63, 3.8) is 0 Å². The Hall–Kier alpha value is -0.610. The number of carbonyl (C=O) groups is 1. The van der Waals surface area contributed by atoms with Crippen molar-refractivity contribution in [3.8, 4) is 0 Å². The van der Waals surface area contributed by atoms with Gasteiger partial charge in [-0.3, -0.25) is 4.79 Å². The summed E-state index contributed by atoms with van der Waals surface area (Å²) >= 11 is 0. The van der Waals surface area contributed by atoms with E-state index in [1.807, 2.05) is 4.90 Å². The molecule has 0 aromatic carbocycles. The average molecular weight is 239 g/mol. The summed E-state index contributed by atoms with van der Waals surface area (Å²) in [6.07, 6.45) is 4.43. The summed E-state index contributed by atoms with van der Waals surface area (Å²) < 4.78 is 0. The Morgan fingerprint density at radius 1 is 1.29 bits per heavy atom. The number of nitrogens with zero attached hydrogens (tertiary/aromatic N) is 2. The smallest absolute Gasteiger partial charge is 0.222 e. The van der Waals surface area contributed by atoms with Crippen LogP contribution >= 0.6 is 0 Å². The van der Waals surface area contributed by atoms with Crippen LogP contribution in [-0.4, -0.2) is 55.5 Å². The number of hydrogen-bond donors (Lipinski definition) is 1. The fourth-order valence-electron chi connectivity index (χ4n) is 2.92. The lowest BCUT2D eigenvalue weighted by Gasteiger charge is -2.30. The zero-order valence-electron chi connectivity index (χ0n) is 10.9. The Bertz CT molecular complexity index is 261. The van der Waals surface area contributed by atoms with E-state index >= 15 is 0 Å². The first kappa shape index (κ1) is 12.8. The number of piperidine rings is 1. The van der Waals surface area contributed by atoms with Crippen LogP contribution in [0.4, 0.5) is 0 Å². The minimum Gasteiger partial charge on any atom is -0.342 e. The van der Waals surface area contributed by atoms with Gasteiger partial charge in [0.05, 0.1) is 0 Å². The average Bonchev–Trinajstić information content (AvgIpc) is 2.69. The zero-order valence-corrected chi connectivity index (χ0v) is 10.9. The zero-order chi connectivity index (χ0) is 12.3. The van der Waals surface area contributed by atoms with Crippen LogP contribution in [0.15, 0.2) is 0 Å². The lowest BCUT2D eigenvalue weighted by Crippen LogP contribution is -2.33. The first-order valence-corrected chi connectivity index (χ1v) is 6.85. The Balaban J connectivity index is 1.70. The molecule has 2 aliphatic rings. The molecule has 0 radical (unpaired) electrons. The molecule has 1 atom stereocenters. The number of hydrogen-bond acceptors (Lipinski definition) is 3. The summed E-state index contributed by atoms with van der Waals surface area (Å²) in [4.78, 5) is 16.1. The molecular formula is C13H25N3O. The maximum atomic E-state index is 11.7. The number of nitrogens with two attached hydrogens (primary N) is 1. The van der Waals surface area contributed by atoms with E-state index in [4.69, 9.17) is 5.73 Å². The largest absolute Gasteiger partial charge is 0.342 e. The predicted molar refractivity (Wildman–Crippen MR) is 68.6 cm³/mol. The van der Waals surface area contributed by atoms with Crippen molar-refractivity contribution >= 4 is 5.91 Å². The standard InChI is InChI=1S/C13H25N3O/c1-15-5-2-11(3-6-15)4-7-16-10-12(9-14)8-13(16)17/h11-12H,2-10,14H2,1H3. The highest BCUT2D eigenvalue weighted by Gasteiger charge is 2.28. The molecule has 98 valence electrons. The first-order valence-electron chi connectivity index (χ1n) is 6.85. The fraction of sp³-hybridized carbons (Fsp3) is 0.923. The summed E-state index contributed by atoms with van der Waals surface area (Å²) in [6.45, 7) is 4.91. The van der Waals surface area contributed by atoms with E-state index in [0.29, 0.717) is 24.8 Å². The SMILES string of the molecule is CN1CCC(CCN2CC(CN)CC2=O)CC1.